The van der Waals surface area contributed by atoms with Crippen molar-refractivity contribution in [3.8, 4) is 0 Å². The van der Waals surface area contributed by atoms with E-state index in [0.717, 1.165) is 0 Å². The van der Waals surface area contributed by atoms with Gasteiger partial charge in [0.25, 0.3) is 0 Å². The van der Waals surface area contributed by atoms with E-state index in [1.165, 1.54) is 13.2 Å². The summed E-state index contributed by atoms with van der Waals surface area (Å²) in [7, 11) is 1.25. The molecule has 0 spiro atoms. The Bertz CT molecular complexity index is 924. The van der Waals surface area contributed by atoms with Gasteiger partial charge < -0.3 is 14.8 Å². The van der Waals surface area contributed by atoms with Gasteiger partial charge in [-0.05, 0) is 30.7 Å². The lowest BCUT2D eigenvalue weighted by Gasteiger charge is -2.27. The van der Waals surface area contributed by atoms with Gasteiger partial charge in [-0.1, -0.05) is 30.3 Å². The summed E-state index contributed by atoms with van der Waals surface area (Å²) < 4.78 is 10.2. The molecule has 1 saturated carbocycles. The third-order valence-corrected chi connectivity index (χ3v) is 4.79. The zero-order valence-corrected chi connectivity index (χ0v) is 15.9. The van der Waals surface area contributed by atoms with E-state index in [-0.39, 0.29) is 29.9 Å². The second-order valence-electron chi connectivity index (χ2n) is 6.71. The Morgan fingerprint density at radius 1 is 0.966 bits per heavy atom. The van der Waals surface area contributed by atoms with Crippen LogP contribution in [0.15, 0.2) is 54.6 Å². The summed E-state index contributed by atoms with van der Waals surface area (Å²) >= 11 is 0. The van der Waals surface area contributed by atoms with Crippen molar-refractivity contribution in [2.45, 2.75) is 25.4 Å². The number of ether oxygens (including phenoxy) is 2. The van der Waals surface area contributed by atoms with E-state index in [9.17, 15) is 19.2 Å². The van der Waals surface area contributed by atoms with Crippen molar-refractivity contribution >= 4 is 29.3 Å². The van der Waals surface area contributed by atoms with Gasteiger partial charge in [0.15, 0.2) is 0 Å². The van der Waals surface area contributed by atoms with E-state index in [4.69, 9.17) is 9.47 Å². The Morgan fingerprint density at radius 3 is 2.38 bits per heavy atom. The molecule has 1 amide bonds. The lowest BCUT2D eigenvalue weighted by molar-refractivity contribution is -0.135. The maximum atomic E-state index is 12.7. The zero-order chi connectivity index (χ0) is 20.8. The van der Waals surface area contributed by atoms with Crippen LogP contribution in [0.2, 0.25) is 0 Å². The molecule has 0 aliphatic heterocycles. The van der Waals surface area contributed by atoms with Gasteiger partial charge in [-0.3, -0.25) is 9.59 Å². The molecule has 0 unspecified atom stereocenters. The summed E-state index contributed by atoms with van der Waals surface area (Å²) in [6.45, 7) is 0. The fourth-order valence-electron chi connectivity index (χ4n) is 3.24. The second kappa shape index (κ2) is 9.14. The molecule has 2 aromatic carbocycles. The summed E-state index contributed by atoms with van der Waals surface area (Å²) in [6.07, 6.45) is 0.0829. The van der Waals surface area contributed by atoms with Crippen LogP contribution in [0.25, 0.3) is 0 Å². The minimum atomic E-state index is -0.956. The lowest BCUT2D eigenvalue weighted by Crippen LogP contribution is -2.38. The minimum absolute atomic E-state index is 0.101. The highest BCUT2D eigenvalue weighted by molar-refractivity contribution is 6.09. The number of rotatable bonds is 5. The maximum absolute atomic E-state index is 12.7. The molecule has 3 rings (SSSR count). The molecule has 1 aliphatic carbocycles. The molecular formula is C22H21NO6. The van der Waals surface area contributed by atoms with Gasteiger partial charge >= 0.3 is 11.9 Å². The molecule has 7 nitrogen and oxygen atoms in total. The lowest BCUT2D eigenvalue weighted by atomic mass is 9.85. The van der Waals surface area contributed by atoms with Gasteiger partial charge in [0.05, 0.1) is 23.9 Å². The quantitative estimate of drug-likeness (QED) is 0.617. The number of ketones is 1. The van der Waals surface area contributed by atoms with Crippen molar-refractivity contribution in [3.05, 3.63) is 65.7 Å². The average Bonchev–Trinajstić information content (AvgIpc) is 2.75. The van der Waals surface area contributed by atoms with Gasteiger partial charge in [0.1, 0.15) is 17.8 Å². The van der Waals surface area contributed by atoms with E-state index in [2.05, 4.69) is 5.32 Å². The van der Waals surface area contributed by atoms with Crippen LogP contribution in [0, 0.1) is 5.92 Å². The van der Waals surface area contributed by atoms with Crippen LogP contribution in [0.3, 0.4) is 0 Å². The molecule has 0 saturated heterocycles. The number of esters is 2. The van der Waals surface area contributed by atoms with Gasteiger partial charge in [0.2, 0.25) is 5.91 Å². The monoisotopic (exact) mass is 395 g/mol. The number of para-hydroxylation sites is 1. The molecule has 0 heterocycles. The maximum Gasteiger partial charge on any atom is 0.339 e. The second-order valence-corrected chi connectivity index (χ2v) is 6.71. The smallest absolute Gasteiger partial charge is 0.339 e. The summed E-state index contributed by atoms with van der Waals surface area (Å²) in [5.41, 5.74) is 0.872. The minimum Gasteiger partial charge on any atom is -0.465 e. The van der Waals surface area contributed by atoms with Gasteiger partial charge in [0, 0.05) is 12.8 Å². The third kappa shape index (κ3) is 4.87. The van der Waals surface area contributed by atoms with Crippen LogP contribution in [0.4, 0.5) is 5.69 Å². The number of nitrogens with one attached hydrogen (secondary N) is 1. The molecule has 0 aromatic heterocycles. The molecule has 150 valence electrons. The van der Waals surface area contributed by atoms with Crippen LogP contribution in [-0.4, -0.2) is 36.8 Å². The highest BCUT2D eigenvalue weighted by Gasteiger charge is 2.36. The van der Waals surface area contributed by atoms with Crippen molar-refractivity contribution in [1.29, 1.82) is 0 Å². The Kier molecular flexibility index (Phi) is 6.39. The third-order valence-electron chi connectivity index (χ3n) is 4.79. The number of anilines is 1. The van der Waals surface area contributed by atoms with Crippen molar-refractivity contribution < 1.29 is 28.7 Å². The predicted molar refractivity (Wildman–Crippen MR) is 104 cm³/mol. The summed E-state index contributed by atoms with van der Waals surface area (Å²) in [6, 6.07) is 14.9. The van der Waals surface area contributed by atoms with E-state index in [1.807, 2.05) is 0 Å². The molecule has 7 heteroatoms. The average molecular weight is 395 g/mol. The van der Waals surface area contributed by atoms with Crippen LogP contribution in [0.1, 0.15) is 40.0 Å². The fraction of sp³-hybridized carbons (Fsp3) is 0.273. The SMILES string of the molecule is COC(=O)c1ccccc1NC(=O)[C@@H]1C[C@@H](OC(=O)c2ccccc2)CCC1=O. The molecule has 29 heavy (non-hydrogen) atoms. The van der Waals surface area contributed by atoms with Crippen LogP contribution >= 0.6 is 0 Å². The Labute approximate surface area is 168 Å². The first-order chi connectivity index (χ1) is 14.0. The number of hydrogen-bond donors (Lipinski definition) is 1. The zero-order valence-electron chi connectivity index (χ0n) is 15.9. The van der Waals surface area contributed by atoms with Gasteiger partial charge in [-0.25, -0.2) is 9.59 Å². The van der Waals surface area contributed by atoms with E-state index in [0.29, 0.717) is 12.0 Å². The van der Waals surface area contributed by atoms with Crippen molar-refractivity contribution in [1.82, 2.24) is 0 Å². The standard InChI is InChI=1S/C22H21NO6/c1-28-22(27)16-9-5-6-10-18(16)23-20(25)17-13-15(11-12-19(17)24)29-21(26)14-7-3-2-4-8-14/h2-10,15,17H,11-13H2,1H3,(H,23,25)/t15-,17+/m0/s1. The summed E-state index contributed by atoms with van der Waals surface area (Å²) in [5.74, 6) is -2.79. The van der Waals surface area contributed by atoms with Crippen LogP contribution in [0.5, 0.6) is 0 Å². The highest BCUT2D eigenvalue weighted by Crippen LogP contribution is 2.27. The van der Waals surface area contributed by atoms with Crippen LogP contribution < -0.4 is 5.32 Å². The molecule has 1 aliphatic rings. The first-order valence-corrected chi connectivity index (χ1v) is 9.26. The summed E-state index contributed by atoms with van der Waals surface area (Å²) in [4.78, 5) is 49.1. The number of Topliss-reactive ketones (excluding diaryl/α,β-unsaturated/α-hetero) is 1. The largest absolute Gasteiger partial charge is 0.465 e. The number of carbonyl (C=O) groups excluding carboxylic acids is 4. The predicted octanol–water partition coefficient (Wildman–Crippen LogP) is 3.01. The Balaban J connectivity index is 1.68. The molecule has 0 radical (unpaired) electrons. The molecular weight excluding hydrogens is 374 g/mol. The number of hydrogen-bond acceptors (Lipinski definition) is 6. The summed E-state index contributed by atoms with van der Waals surface area (Å²) in [5, 5.41) is 2.63. The van der Waals surface area contributed by atoms with E-state index < -0.39 is 29.9 Å². The number of amides is 1. The fourth-order valence-corrected chi connectivity index (χ4v) is 3.24. The highest BCUT2D eigenvalue weighted by atomic mass is 16.5. The number of benzene rings is 2. The Hall–Kier alpha value is -3.48. The molecule has 2 aromatic rings. The topological polar surface area (TPSA) is 98.8 Å². The molecule has 0 bridgehead atoms. The van der Waals surface area contributed by atoms with Gasteiger partial charge in [-0.2, -0.15) is 0 Å². The number of carbonyl (C=O) groups is 4. The van der Waals surface area contributed by atoms with Crippen molar-refractivity contribution in [3.63, 3.8) is 0 Å². The van der Waals surface area contributed by atoms with Crippen molar-refractivity contribution in [2.24, 2.45) is 5.92 Å². The first kappa shape index (κ1) is 20.3. The van der Waals surface area contributed by atoms with Gasteiger partial charge in [-0.15, -0.1) is 0 Å². The molecule has 1 fully saturated rings. The van der Waals surface area contributed by atoms with Crippen molar-refractivity contribution in [2.75, 3.05) is 12.4 Å². The molecule has 2 atom stereocenters. The van der Waals surface area contributed by atoms with E-state index >= 15 is 0 Å². The van der Waals surface area contributed by atoms with Crippen LogP contribution in [-0.2, 0) is 19.1 Å². The molecule has 1 N–H and O–H groups in total. The Morgan fingerprint density at radius 2 is 1.66 bits per heavy atom. The normalized spacial score (nSPS) is 18.6. The first-order valence-electron chi connectivity index (χ1n) is 9.26. The number of methoxy groups -OCH3 is 1. The van der Waals surface area contributed by atoms with E-state index in [1.54, 1.807) is 48.5 Å².